The van der Waals surface area contributed by atoms with Crippen LogP contribution in [0.2, 0.25) is 0 Å². The third-order valence-corrected chi connectivity index (χ3v) is 4.21. The van der Waals surface area contributed by atoms with Crippen LogP contribution in [0.5, 0.6) is 0 Å². The largest absolute Gasteiger partial charge is 0.376 e. The molecular formula is C13H22O3. The number of ether oxygens (including phenoxy) is 2. The molecular weight excluding hydrogens is 204 g/mol. The van der Waals surface area contributed by atoms with E-state index < -0.39 is 0 Å². The Bertz CT molecular complexity index is 258. The number of hydrogen-bond acceptors (Lipinski definition) is 3. The molecule has 16 heavy (non-hydrogen) atoms. The molecule has 92 valence electrons. The molecule has 0 amide bonds. The zero-order chi connectivity index (χ0) is 11.6. The fourth-order valence-corrected chi connectivity index (χ4v) is 2.51. The standard InChI is InChI=1S/C13H22O3/c1-3-13(2)11(14)8-12(13)16-9-10-6-4-5-7-15-10/h10,12H,3-9H2,1-2H3. The molecule has 2 aliphatic rings. The molecule has 3 unspecified atom stereocenters. The van der Waals surface area contributed by atoms with Gasteiger partial charge in [0.25, 0.3) is 0 Å². The quantitative estimate of drug-likeness (QED) is 0.738. The van der Waals surface area contributed by atoms with Gasteiger partial charge in [0.05, 0.1) is 24.2 Å². The minimum absolute atomic E-state index is 0.121. The first-order chi connectivity index (χ1) is 7.66. The molecule has 0 radical (unpaired) electrons. The van der Waals surface area contributed by atoms with Gasteiger partial charge in [0.1, 0.15) is 5.78 Å². The van der Waals surface area contributed by atoms with Gasteiger partial charge >= 0.3 is 0 Å². The van der Waals surface area contributed by atoms with E-state index in [1.54, 1.807) is 0 Å². The van der Waals surface area contributed by atoms with Crippen molar-refractivity contribution >= 4 is 5.78 Å². The van der Waals surface area contributed by atoms with Gasteiger partial charge in [-0.2, -0.15) is 0 Å². The van der Waals surface area contributed by atoms with Gasteiger partial charge in [0, 0.05) is 13.0 Å². The van der Waals surface area contributed by atoms with Crippen LogP contribution in [-0.4, -0.2) is 31.2 Å². The van der Waals surface area contributed by atoms with Crippen molar-refractivity contribution in [1.29, 1.82) is 0 Å². The monoisotopic (exact) mass is 226 g/mol. The number of Topliss-reactive ketones (excluding diaryl/α,β-unsaturated/α-hetero) is 1. The SMILES string of the molecule is CCC1(C)C(=O)CC1OCC1CCCCO1. The third-order valence-electron chi connectivity index (χ3n) is 4.21. The normalized spacial score (nSPS) is 39.5. The van der Waals surface area contributed by atoms with Gasteiger partial charge in [-0.25, -0.2) is 0 Å². The molecule has 0 bridgehead atoms. The molecule has 2 fully saturated rings. The molecule has 0 aromatic carbocycles. The summed E-state index contributed by atoms with van der Waals surface area (Å²) in [6, 6.07) is 0. The number of ketones is 1. The maximum atomic E-state index is 11.5. The highest BCUT2D eigenvalue weighted by atomic mass is 16.5. The first kappa shape index (κ1) is 12.1. The number of hydrogen-bond donors (Lipinski definition) is 0. The summed E-state index contributed by atoms with van der Waals surface area (Å²) >= 11 is 0. The van der Waals surface area contributed by atoms with Crippen LogP contribution in [0.4, 0.5) is 0 Å². The maximum absolute atomic E-state index is 11.5. The molecule has 1 saturated carbocycles. The molecule has 0 spiro atoms. The van der Waals surface area contributed by atoms with Gasteiger partial charge in [-0.15, -0.1) is 0 Å². The van der Waals surface area contributed by atoms with E-state index in [0.717, 1.165) is 19.4 Å². The minimum atomic E-state index is -0.228. The topological polar surface area (TPSA) is 35.5 Å². The average Bonchev–Trinajstić information content (AvgIpc) is 2.34. The van der Waals surface area contributed by atoms with Crippen LogP contribution >= 0.6 is 0 Å². The van der Waals surface area contributed by atoms with E-state index in [4.69, 9.17) is 9.47 Å². The highest BCUT2D eigenvalue weighted by Crippen LogP contribution is 2.42. The summed E-state index contributed by atoms with van der Waals surface area (Å²) in [6.45, 7) is 5.60. The van der Waals surface area contributed by atoms with Crippen molar-refractivity contribution in [3.05, 3.63) is 0 Å². The molecule has 3 nitrogen and oxygen atoms in total. The summed E-state index contributed by atoms with van der Waals surface area (Å²) in [4.78, 5) is 11.5. The van der Waals surface area contributed by atoms with Crippen molar-refractivity contribution in [2.75, 3.05) is 13.2 Å². The molecule has 2 rings (SSSR count). The lowest BCUT2D eigenvalue weighted by molar-refractivity contribution is -0.168. The van der Waals surface area contributed by atoms with Gasteiger partial charge in [-0.05, 0) is 25.7 Å². The van der Waals surface area contributed by atoms with Crippen molar-refractivity contribution in [2.24, 2.45) is 5.41 Å². The lowest BCUT2D eigenvalue weighted by Crippen LogP contribution is -2.53. The second-order valence-electron chi connectivity index (χ2n) is 5.21. The van der Waals surface area contributed by atoms with E-state index in [2.05, 4.69) is 6.92 Å². The van der Waals surface area contributed by atoms with Crippen LogP contribution in [0.15, 0.2) is 0 Å². The van der Waals surface area contributed by atoms with E-state index >= 15 is 0 Å². The van der Waals surface area contributed by atoms with Crippen LogP contribution in [0.1, 0.15) is 46.0 Å². The summed E-state index contributed by atoms with van der Waals surface area (Å²) in [6.07, 6.45) is 5.36. The molecule has 0 aromatic rings. The molecule has 1 heterocycles. The van der Waals surface area contributed by atoms with E-state index in [1.807, 2.05) is 6.92 Å². The van der Waals surface area contributed by atoms with Gasteiger partial charge < -0.3 is 9.47 Å². The zero-order valence-corrected chi connectivity index (χ0v) is 10.3. The summed E-state index contributed by atoms with van der Waals surface area (Å²) in [5.41, 5.74) is -0.228. The second-order valence-corrected chi connectivity index (χ2v) is 5.21. The minimum Gasteiger partial charge on any atom is -0.376 e. The predicted octanol–water partition coefficient (Wildman–Crippen LogP) is 2.33. The van der Waals surface area contributed by atoms with Gasteiger partial charge in [0.2, 0.25) is 0 Å². The molecule has 3 atom stereocenters. The third kappa shape index (κ3) is 2.16. The van der Waals surface area contributed by atoms with Crippen molar-refractivity contribution in [1.82, 2.24) is 0 Å². The lowest BCUT2D eigenvalue weighted by Gasteiger charge is -2.44. The number of carbonyl (C=O) groups excluding carboxylic acids is 1. The Morgan fingerprint density at radius 1 is 1.50 bits per heavy atom. The summed E-state index contributed by atoms with van der Waals surface area (Å²) in [5, 5.41) is 0. The fourth-order valence-electron chi connectivity index (χ4n) is 2.51. The van der Waals surface area contributed by atoms with E-state index in [-0.39, 0.29) is 17.6 Å². The Hall–Kier alpha value is -0.410. The Morgan fingerprint density at radius 2 is 2.31 bits per heavy atom. The van der Waals surface area contributed by atoms with Crippen molar-refractivity contribution in [3.8, 4) is 0 Å². The van der Waals surface area contributed by atoms with Crippen LogP contribution in [0, 0.1) is 5.41 Å². The Kier molecular flexibility index (Phi) is 3.65. The Labute approximate surface area is 97.5 Å². The average molecular weight is 226 g/mol. The fraction of sp³-hybridized carbons (Fsp3) is 0.923. The van der Waals surface area contributed by atoms with Crippen molar-refractivity contribution in [3.63, 3.8) is 0 Å². The van der Waals surface area contributed by atoms with E-state index in [1.165, 1.54) is 12.8 Å². The zero-order valence-electron chi connectivity index (χ0n) is 10.3. The number of rotatable bonds is 4. The highest BCUT2D eigenvalue weighted by Gasteiger charge is 2.50. The molecule has 0 N–H and O–H groups in total. The lowest BCUT2D eigenvalue weighted by atomic mass is 9.64. The summed E-state index contributed by atoms with van der Waals surface area (Å²) < 4.78 is 11.5. The van der Waals surface area contributed by atoms with E-state index in [0.29, 0.717) is 18.8 Å². The maximum Gasteiger partial charge on any atom is 0.143 e. The molecule has 0 aromatic heterocycles. The van der Waals surface area contributed by atoms with E-state index in [9.17, 15) is 4.79 Å². The predicted molar refractivity (Wildman–Crippen MR) is 61.4 cm³/mol. The van der Waals surface area contributed by atoms with Crippen LogP contribution in [0.25, 0.3) is 0 Å². The Morgan fingerprint density at radius 3 is 2.88 bits per heavy atom. The molecule has 3 heteroatoms. The van der Waals surface area contributed by atoms with Crippen LogP contribution in [0.3, 0.4) is 0 Å². The summed E-state index contributed by atoms with van der Waals surface area (Å²) in [5.74, 6) is 0.351. The molecule has 1 aliphatic heterocycles. The smallest absolute Gasteiger partial charge is 0.143 e. The van der Waals surface area contributed by atoms with Crippen LogP contribution in [-0.2, 0) is 14.3 Å². The second kappa shape index (κ2) is 4.84. The van der Waals surface area contributed by atoms with Crippen LogP contribution < -0.4 is 0 Å². The van der Waals surface area contributed by atoms with Crippen molar-refractivity contribution in [2.45, 2.75) is 58.2 Å². The first-order valence-electron chi connectivity index (χ1n) is 6.43. The van der Waals surface area contributed by atoms with Gasteiger partial charge in [-0.1, -0.05) is 13.8 Å². The molecule has 1 saturated heterocycles. The first-order valence-corrected chi connectivity index (χ1v) is 6.43. The molecule has 1 aliphatic carbocycles. The number of carbonyl (C=O) groups is 1. The van der Waals surface area contributed by atoms with Crippen molar-refractivity contribution < 1.29 is 14.3 Å². The van der Waals surface area contributed by atoms with Gasteiger partial charge in [0.15, 0.2) is 0 Å². The Balaban J connectivity index is 1.76. The summed E-state index contributed by atoms with van der Waals surface area (Å²) in [7, 11) is 0. The van der Waals surface area contributed by atoms with Gasteiger partial charge in [-0.3, -0.25) is 4.79 Å². The highest BCUT2D eigenvalue weighted by molar-refractivity contribution is 5.91.